The van der Waals surface area contributed by atoms with Crippen LogP contribution in [-0.4, -0.2) is 52.8 Å². The molecule has 132 valence electrons. The lowest BCUT2D eigenvalue weighted by Gasteiger charge is -2.21. The maximum atomic E-state index is 12.3. The van der Waals surface area contributed by atoms with Crippen LogP contribution in [0.3, 0.4) is 0 Å². The second-order valence-electron chi connectivity index (χ2n) is 6.06. The van der Waals surface area contributed by atoms with Crippen molar-refractivity contribution in [2.45, 2.75) is 19.4 Å². The molecule has 1 aliphatic heterocycles. The number of carbonyl (C=O) groups is 1. The van der Waals surface area contributed by atoms with E-state index in [0.29, 0.717) is 17.5 Å². The summed E-state index contributed by atoms with van der Waals surface area (Å²) in [6.45, 7) is 1.72. The van der Waals surface area contributed by atoms with Crippen LogP contribution in [0, 0.1) is 0 Å². The van der Waals surface area contributed by atoms with Crippen LogP contribution in [0.15, 0.2) is 29.3 Å². The predicted molar refractivity (Wildman–Crippen MR) is 94.9 cm³/mol. The van der Waals surface area contributed by atoms with E-state index in [1.165, 1.54) is 18.3 Å². The molecule has 1 saturated heterocycles. The van der Waals surface area contributed by atoms with Crippen LogP contribution < -0.4 is 20.7 Å². The van der Waals surface area contributed by atoms with Gasteiger partial charge in [0.25, 0.3) is 5.56 Å². The van der Waals surface area contributed by atoms with Crippen molar-refractivity contribution in [2.24, 2.45) is 0 Å². The minimum absolute atomic E-state index is 0.166. The van der Waals surface area contributed by atoms with Crippen LogP contribution in [-0.2, 0) is 11.3 Å². The van der Waals surface area contributed by atoms with Gasteiger partial charge in [0.1, 0.15) is 12.2 Å². The smallest absolute Gasteiger partial charge is 0.267 e. The van der Waals surface area contributed by atoms with Crippen LogP contribution in [0.1, 0.15) is 12.8 Å². The van der Waals surface area contributed by atoms with Gasteiger partial charge in [-0.3, -0.25) is 9.59 Å². The van der Waals surface area contributed by atoms with Gasteiger partial charge in [-0.05, 0) is 18.9 Å². The molecule has 3 rings (SSSR count). The van der Waals surface area contributed by atoms with E-state index in [9.17, 15) is 9.59 Å². The predicted octanol–water partition coefficient (Wildman–Crippen LogP) is 0.338. The van der Waals surface area contributed by atoms with E-state index in [1.807, 2.05) is 19.0 Å². The first-order chi connectivity index (χ1) is 12.0. The molecule has 0 aliphatic carbocycles. The maximum Gasteiger partial charge on any atom is 0.267 e. The Hall–Kier alpha value is -2.97. The molecule has 0 unspecified atom stereocenters. The minimum Gasteiger partial charge on any atom is -0.361 e. The average molecular weight is 343 g/mol. The van der Waals surface area contributed by atoms with Crippen molar-refractivity contribution in [1.82, 2.24) is 19.7 Å². The van der Waals surface area contributed by atoms with Gasteiger partial charge >= 0.3 is 0 Å². The molecule has 2 aromatic rings. The molecule has 1 aliphatic rings. The standard InChI is InChI=1S/C16H21N7O2/c1-21(2)15-12(10-17-16(20-15)22-8-3-4-9-22)19-13(24)11-23-14(25)6-5-7-18-23/h5-7,10H,3-4,8-9,11H2,1-2H3,(H,19,24). The van der Waals surface area contributed by atoms with Crippen molar-refractivity contribution < 1.29 is 4.79 Å². The Morgan fingerprint density at radius 2 is 2.08 bits per heavy atom. The third kappa shape index (κ3) is 3.93. The highest BCUT2D eigenvalue weighted by Gasteiger charge is 2.18. The second-order valence-corrected chi connectivity index (χ2v) is 6.06. The second kappa shape index (κ2) is 7.29. The molecule has 25 heavy (non-hydrogen) atoms. The molecule has 0 spiro atoms. The Kier molecular flexibility index (Phi) is 4.92. The lowest BCUT2D eigenvalue weighted by Crippen LogP contribution is -2.29. The molecule has 1 amide bonds. The summed E-state index contributed by atoms with van der Waals surface area (Å²) in [5, 5.41) is 6.64. The molecule has 0 radical (unpaired) electrons. The van der Waals surface area contributed by atoms with E-state index >= 15 is 0 Å². The maximum absolute atomic E-state index is 12.3. The molecule has 0 atom stereocenters. The first kappa shape index (κ1) is 16.9. The Morgan fingerprint density at radius 3 is 2.76 bits per heavy atom. The van der Waals surface area contributed by atoms with Gasteiger partial charge in [-0.2, -0.15) is 10.1 Å². The number of carbonyl (C=O) groups excluding carboxylic acids is 1. The fourth-order valence-electron chi connectivity index (χ4n) is 2.69. The van der Waals surface area contributed by atoms with Crippen molar-refractivity contribution in [3.05, 3.63) is 34.9 Å². The Balaban J connectivity index is 1.78. The first-order valence-corrected chi connectivity index (χ1v) is 8.16. The summed E-state index contributed by atoms with van der Waals surface area (Å²) >= 11 is 0. The van der Waals surface area contributed by atoms with E-state index in [4.69, 9.17) is 0 Å². The normalized spacial score (nSPS) is 13.8. The van der Waals surface area contributed by atoms with Crippen LogP contribution >= 0.6 is 0 Å². The highest BCUT2D eigenvalue weighted by Crippen LogP contribution is 2.25. The summed E-state index contributed by atoms with van der Waals surface area (Å²) in [4.78, 5) is 36.8. The van der Waals surface area contributed by atoms with Crippen LogP contribution in [0.4, 0.5) is 17.5 Å². The summed E-state index contributed by atoms with van der Waals surface area (Å²) in [6, 6.07) is 2.89. The summed E-state index contributed by atoms with van der Waals surface area (Å²) in [5.41, 5.74) is 0.174. The number of hydrogen-bond acceptors (Lipinski definition) is 7. The van der Waals surface area contributed by atoms with Gasteiger partial charge in [0.2, 0.25) is 11.9 Å². The number of amides is 1. The van der Waals surface area contributed by atoms with Gasteiger partial charge in [0, 0.05) is 39.4 Å². The van der Waals surface area contributed by atoms with E-state index in [0.717, 1.165) is 30.6 Å². The third-order valence-electron chi connectivity index (χ3n) is 3.92. The molecule has 0 bridgehead atoms. The van der Waals surface area contributed by atoms with E-state index in [-0.39, 0.29) is 18.0 Å². The third-order valence-corrected chi connectivity index (χ3v) is 3.92. The van der Waals surface area contributed by atoms with Crippen molar-refractivity contribution in [1.29, 1.82) is 0 Å². The molecule has 1 fully saturated rings. The number of anilines is 3. The highest BCUT2D eigenvalue weighted by molar-refractivity contribution is 5.93. The molecule has 9 nitrogen and oxygen atoms in total. The number of rotatable bonds is 5. The number of nitrogens with one attached hydrogen (secondary N) is 1. The zero-order chi connectivity index (χ0) is 17.8. The minimum atomic E-state index is -0.360. The van der Waals surface area contributed by atoms with Crippen LogP contribution in [0.25, 0.3) is 0 Å². The van der Waals surface area contributed by atoms with Crippen LogP contribution in [0.5, 0.6) is 0 Å². The Bertz CT molecular complexity index is 812. The van der Waals surface area contributed by atoms with Gasteiger partial charge in [-0.15, -0.1) is 0 Å². The van der Waals surface area contributed by atoms with E-state index in [1.54, 1.807) is 6.20 Å². The molecule has 2 aromatic heterocycles. The fraction of sp³-hybridized carbons (Fsp3) is 0.438. The van der Waals surface area contributed by atoms with Gasteiger partial charge in [-0.25, -0.2) is 9.67 Å². The summed E-state index contributed by atoms with van der Waals surface area (Å²) in [7, 11) is 3.71. The molecule has 0 saturated carbocycles. The zero-order valence-corrected chi connectivity index (χ0v) is 14.3. The molecule has 1 N–H and O–H groups in total. The number of hydrogen-bond donors (Lipinski definition) is 1. The first-order valence-electron chi connectivity index (χ1n) is 8.16. The van der Waals surface area contributed by atoms with Gasteiger partial charge in [0.15, 0.2) is 5.82 Å². The largest absolute Gasteiger partial charge is 0.361 e. The lowest BCUT2D eigenvalue weighted by atomic mass is 10.4. The molecule has 0 aromatic carbocycles. The van der Waals surface area contributed by atoms with Crippen molar-refractivity contribution in [3.63, 3.8) is 0 Å². The topological polar surface area (TPSA) is 96.2 Å². The monoisotopic (exact) mass is 343 g/mol. The average Bonchev–Trinajstić information content (AvgIpc) is 3.11. The SMILES string of the molecule is CN(C)c1nc(N2CCCC2)ncc1NC(=O)Cn1ncccc1=O. The Labute approximate surface area is 145 Å². The van der Waals surface area contributed by atoms with Gasteiger partial charge in [-0.1, -0.05) is 0 Å². The van der Waals surface area contributed by atoms with Gasteiger partial charge < -0.3 is 15.1 Å². The molecular weight excluding hydrogens is 322 g/mol. The summed E-state index contributed by atoms with van der Waals surface area (Å²) in [6.07, 6.45) is 5.35. The molecular formula is C16H21N7O2. The van der Waals surface area contributed by atoms with Crippen LogP contribution in [0.2, 0.25) is 0 Å². The van der Waals surface area contributed by atoms with E-state index in [2.05, 4.69) is 25.3 Å². The van der Waals surface area contributed by atoms with Crippen molar-refractivity contribution >= 4 is 23.4 Å². The summed E-state index contributed by atoms with van der Waals surface area (Å²) < 4.78 is 1.10. The molecule has 3 heterocycles. The highest BCUT2D eigenvalue weighted by atomic mass is 16.2. The van der Waals surface area contributed by atoms with Gasteiger partial charge in [0.05, 0.1) is 6.20 Å². The summed E-state index contributed by atoms with van der Waals surface area (Å²) in [5.74, 6) is 0.931. The van der Waals surface area contributed by atoms with Crippen molar-refractivity contribution in [3.8, 4) is 0 Å². The lowest BCUT2D eigenvalue weighted by molar-refractivity contribution is -0.117. The Morgan fingerprint density at radius 1 is 1.32 bits per heavy atom. The number of nitrogens with zero attached hydrogens (tertiary/aromatic N) is 6. The number of aromatic nitrogens is 4. The zero-order valence-electron chi connectivity index (χ0n) is 14.3. The quantitative estimate of drug-likeness (QED) is 0.836. The molecule has 9 heteroatoms. The van der Waals surface area contributed by atoms with Crippen molar-refractivity contribution in [2.75, 3.05) is 42.3 Å². The van der Waals surface area contributed by atoms with E-state index < -0.39 is 0 Å². The fourth-order valence-corrected chi connectivity index (χ4v) is 2.69.